The van der Waals surface area contributed by atoms with Gasteiger partial charge in [-0.3, -0.25) is 4.90 Å². The molecule has 1 fully saturated rings. The lowest BCUT2D eigenvalue weighted by atomic mass is 9.88. The summed E-state index contributed by atoms with van der Waals surface area (Å²) in [6, 6.07) is 10.1. The lowest BCUT2D eigenvalue weighted by Crippen LogP contribution is -2.39. The topological polar surface area (TPSA) is 29.3 Å². The van der Waals surface area contributed by atoms with Gasteiger partial charge in [0.2, 0.25) is 0 Å². The van der Waals surface area contributed by atoms with Crippen LogP contribution in [0.1, 0.15) is 50.3 Å². The molecule has 106 valence electrons. The summed E-state index contributed by atoms with van der Waals surface area (Å²) in [5, 5.41) is 0. The first-order chi connectivity index (χ1) is 9.13. The van der Waals surface area contributed by atoms with Gasteiger partial charge >= 0.3 is 0 Å². The minimum absolute atomic E-state index is 0.494. The first-order valence-corrected chi connectivity index (χ1v) is 7.66. The van der Waals surface area contributed by atoms with E-state index in [1.165, 1.54) is 36.9 Å². The van der Waals surface area contributed by atoms with Crippen molar-refractivity contribution in [3.8, 4) is 0 Å². The fourth-order valence-electron chi connectivity index (χ4n) is 3.32. The molecule has 2 N–H and O–H groups in total. The number of nitrogens with zero attached hydrogens (tertiary/aromatic N) is 1. The van der Waals surface area contributed by atoms with Crippen molar-refractivity contribution >= 4 is 0 Å². The molecule has 0 amide bonds. The molecular formula is C17H28N2. The van der Waals surface area contributed by atoms with Crippen molar-refractivity contribution in [2.24, 2.45) is 11.7 Å². The van der Waals surface area contributed by atoms with E-state index in [1.807, 2.05) is 0 Å². The Morgan fingerprint density at radius 3 is 2.47 bits per heavy atom. The summed E-state index contributed by atoms with van der Waals surface area (Å²) >= 11 is 0. The maximum absolute atomic E-state index is 6.07. The predicted molar refractivity (Wildman–Crippen MR) is 82.2 cm³/mol. The van der Waals surface area contributed by atoms with Gasteiger partial charge in [-0.15, -0.1) is 0 Å². The summed E-state index contributed by atoms with van der Waals surface area (Å²) in [5.41, 5.74) is 8.84. The number of benzene rings is 1. The van der Waals surface area contributed by atoms with Gasteiger partial charge < -0.3 is 5.73 Å². The third-order valence-electron chi connectivity index (χ3n) is 4.43. The van der Waals surface area contributed by atoms with Crippen LogP contribution in [0.5, 0.6) is 0 Å². The van der Waals surface area contributed by atoms with Crippen molar-refractivity contribution in [1.82, 2.24) is 4.90 Å². The largest absolute Gasteiger partial charge is 0.330 e. The summed E-state index contributed by atoms with van der Waals surface area (Å²) in [7, 11) is 0. The van der Waals surface area contributed by atoms with Gasteiger partial charge in [0.15, 0.2) is 0 Å². The van der Waals surface area contributed by atoms with Crippen LogP contribution >= 0.6 is 0 Å². The fraction of sp³-hybridized carbons (Fsp3) is 0.647. The average molecular weight is 260 g/mol. The van der Waals surface area contributed by atoms with E-state index in [9.17, 15) is 0 Å². The standard InChI is InChI=1S/C17H28N2/c1-13(2)19-11-5-4-6-16(12-18)17(19)15-9-7-14(3)8-10-15/h7-10,13,16-17H,4-6,11-12,18H2,1-3H3. The molecule has 2 rings (SSSR count). The molecule has 2 unspecified atom stereocenters. The molecule has 0 aliphatic carbocycles. The van der Waals surface area contributed by atoms with Gasteiger partial charge in [0, 0.05) is 12.1 Å². The number of rotatable bonds is 3. The second-order valence-electron chi connectivity index (χ2n) is 6.18. The second kappa shape index (κ2) is 6.53. The molecule has 1 aromatic carbocycles. The third-order valence-corrected chi connectivity index (χ3v) is 4.43. The van der Waals surface area contributed by atoms with E-state index in [0.717, 1.165) is 6.54 Å². The van der Waals surface area contributed by atoms with Crippen LogP contribution in [0, 0.1) is 12.8 Å². The van der Waals surface area contributed by atoms with Crippen LogP contribution in [-0.2, 0) is 0 Å². The fourth-order valence-corrected chi connectivity index (χ4v) is 3.32. The van der Waals surface area contributed by atoms with E-state index in [4.69, 9.17) is 5.73 Å². The Bertz CT molecular complexity index is 383. The Morgan fingerprint density at radius 2 is 1.89 bits per heavy atom. The van der Waals surface area contributed by atoms with Crippen molar-refractivity contribution in [3.63, 3.8) is 0 Å². The van der Waals surface area contributed by atoms with E-state index in [0.29, 0.717) is 18.0 Å². The first kappa shape index (κ1) is 14.5. The molecule has 1 aliphatic heterocycles. The van der Waals surface area contributed by atoms with E-state index in [2.05, 4.69) is 49.9 Å². The monoisotopic (exact) mass is 260 g/mol. The van der Waals surface area contributed by atoms with E-state index in [1.54, 1.807) is 0 Å². The van der Waals surface area contributed by atoms with Crippen molar-refractivity contribution < 1.29 is 0 Å². The molecule has 0 bridgehead atoms. The molecule has 0 radical (unpaired) electrons. The Hall–Kier alpha value is -0.860. The SMILES string of the molecule is Cc1ccc(C2C(CN)CCCCN2C(C)C)cc1. The molecule has 19 heavy (non-hydrogen) atoms. The zero-order valence-corrected chi connectivity index (χ0v) is 12.6. The highest BCUT2D eigenvalue weighted by Crippen LogP contribution is 2.35. The van der Waals surface area contributed by atoms with Gasteiger partial charge in [-0.1, -0.05) is 36.2 Å². The molecule has 0 saturated carbocycles. The van der Waals surface area contributed by atoms with E-state index in [-0.39, 0.29) is 0 Å². The zero-order valence-electron chi connectivity index (χ0n) is 12.6. The van der Waals surface area contributed by atoms with E-state index < -0.39 is 0 Å². The van der Waals surface area contributed by atoms with Gasteiger partial charge in [-0.05, 0) is 58.2 Å². The second-order valence-corrected chi connectivity index (χ2v) is 6.18. The van der Waals surface area contributed by atoms with Crippen LogP contribution in [-0.4, -0.2) is 24.0 Å². The van der Waals surface area contributed by atoms with Gasteiger partial charge in [-0.2, -0.15) is 0 Å². The molecule has 2 heteroatoms. The lowest BCUT2D eigenvalue weighted by molar-refractivity contribution is 0.121. The van der Waals surface area contributed by atoms with Gasteiger partial charge in [0.25, 0.3) is 0 Å². The summed E-state index contributed by atoms with van der Waals surface area (Å²) in [6.45, 7) is 8.76. The summed E-state index contributed by atoms with van der Waals surface area (Å²) < 4.78 is 0. The summed E-state index contributed by atoms with van der Waals surface area (Å²) in [4.78, 5) is 2.65. The number of hydrogen-bond acceptors (Lipinski definition) is 2. The molecule has 2 nitrogen and oxygen atoms in total. The van der Waals surface area contributed by atoms with Gasteiger partial charge in [-0.25, -0.2) is 0 Å². The lowest BCUT2D eigenvalue weighted by Gasteiger charge is -2.38. The minimum Gasteiger partial charge on any atom is -0.330 e. The minimum atomic E-state index is 0.494. The molecule has 1 heterocycles. The molecule has 0 aromatic heterocycles. The Morgan fingerprint density at radius 1 is 1.21 bits per heavy atom. The average Bonchev–Trinajstić information content (AvgIpc) is 2.61. The number of aryl methyl sites for hydroxylation is 1. The highest BCUT2D eigenvalue weighted by Gasteiger charge is 2.31. The molecule has 1 saturated heterocycles. The normalized spacial score (nSPS) is 25.5. The van der Waals surface area contributed by atoms with Crippen LogP contribution < -0.4 is 5.73 Å². The van der Waals surface area contributed by atoms with Gasteiger partial charge in [0.1, 0.15) is 0 Å². The molecule has 1 aromatic rings. The van der Waals surface area contributed by atoms with Crippen molar-refractivity contribution in [2.75, 3.05) is 13.1 Å². The van der Waals surface area contributed by atoms with Crippen LogP contribution in [0.15, 0.2) is 24.3 Å². The van der Waals surface area contributed by atoms with E-state index >= 15 is 0 Å². The quantitative estimate of drug-likeness (QED) is 0.901. The van der Waals surface area contributed by atoms with Crippen LogP contribution in [0.4, 0.5) is 0 Å². The number of likely N-dealkylation sites (tertiary alicyclic amines) is 1. The summed E-state index contributed by atoms with van der Waals surface area (Å²) in [5.74, 6) is 0.590. The molecule has 1 aliphatic rings. The van der Waals surface area contributed by atoms with Crippen LogP contribution in [0.2, 0.25) is 0 Å². The number of nitrogens with two attached hydrogens (primary N) is 1. The maximum Gasteiger partial charge on any atom is 0.0391 e. The molecule has 0 spiro atoms. The third kappa shape index (κ3) is 3.37. The van der Waals surface area contributed by atoms with Crippen LogP contribution in [0.3, 0.4) is 0 Å². The van der Waals surface area contributed by atoms with Gasteiger partial charge in [0.05, 0.1) is 0 Å². The Labute approximate surface area is 118 Å². The highest BCUT2D eigenvalue weighted by atomic mass is 15.2. The smallest absolute Gasteiger partial charge is 0.0391 e. The summed E-state index contributed by atoms with van der Waals surface area (Å²) in [6.07, 6.45) is 3.88. The molecular weight excluding hydrogens is 232 g/mol. The predicted octanol–water partition coefficient (Wildman–Crippen LogP) is 3.51. The number of hydrogen-bond donors (Lipinski definition) is 1. The van der Waals surface area contributed by atoms with Crippen molar-refractivity contribution in [2.45, 2.75) is 52.1 Å². The highest BCUT2D eigenvalue weighted by molar-refractivity contribution is 5.25. The van der Waals surface area contributed by atoms with Crippen molar-refractivity contribution in [3.05, 3.63) is 35.4 Å². The first-order valence-electron chi connectivity index (χ1n) is 7.66. The molecule has 2 atom stereocenters. The van der Waals surface area contributed by atoms with Crippen molar-refractivity contribution in [1.29, 1.82) is 0 Å². The Kier molecular flexibility index (Phi) is 5.00. The Balaban J connectivity index is 2.34. The van der Waals surface area contributed by atoms with Crippen LogP contribution in [0.25, 0.3) is 0 Å². The zero-order chi connectivity index (χ0) is 13.8. The maximum atomic E-state index is 6.07.